The van der Waals surface area contributed by atoms with Crippen LogP contribution in [0.15, 0.2) is 24.3 Å². The molecule has 1 heterocycles. The molecule has 18 heavy (non-hydrogen) atoms. The predicted molar refractivity (Wildman–Crippen MR) is 73.9 cm³/mol. The molecule has 0 fully saturated rings. The molecular formula is C13H17N3OS. The van der Waals surface area contributed by atoms with Gasteiger partial charge in [0.1, 0.15) is 11.6 Å². The number of rotatable bonds is 4. The van der Waals surface area contributed by atoms with E-state index in [2.05, 4.69) is 24.0 Å². The highest BCUT2D eigenvalue weighted by Crippen LogP contribution is 2.19. The number of hydrogen-bond acceptors (Lipinski definition) is 3. The van der Waals surface area contributed by atoms with Gasteiger partial charge in [-0.3, -0.25) is 9.67 Å². The number of aromatic nitrogens is 3. The van der Waals surface area contributed by atoms with Crippen LogP contribution in [0.5, 0.6) is 5.75 Å². The van der Waals surface area contributed by atoms with Crippen molar-refractivity contribution in [3.05, 3.63) is 34.9 Å². The summed E-state index contributed by atoms with van der Waals surface area (Å²) in [5.74, 6) is 1.69. The maximum Gasteiger partial charge on any atom is 0.199 e. The maximum atomic E-state index is 5.80. The molecule has 96 valence electrons. The quantitative estimate of drug-likeness (QED) is 0.860. The molecule has 0 spiro atoms. The highest BCUT2D eigenvalue weighted by Gasteiger charge is 2.06. The van der Waals surface area contributed by atoms with E-state index >= 15 is 0 Å². The number of ether oxygens (including phenoxy) is 1. The minimum absolute atomic E-state index is 0.207. The SMILES string of the molecule is CCC(C)Oc1cccc(-n2c(C)n[nH]c2=S)c1. The molecule has 5 heteroatoms. The molecule has 0 amide bonds. The van der Waals surface area contributed by atoms with Crippen molar-refractivity contribution in [1.29, 1.82) is 0 Å². The van der Waals surface area contributed by atoms with Crippen molar-refractivity contribution in [2.24, 2.45) is 0 Å². The van der Waals surface area contributed by atoms with Crippen LogP contribution in [0.2, 0.25) is 0 Å². The molecule has 0 aliphatic carbocycles. The van der Waals surface area contributed by atoms with Crippen LogP contribution in [0, 0.1) is 11.7 Å². The highest BCUT2D eigenvalue weighted by molar-refractivity contribution is 7.71. The van der Waals surface area contributed by atoms with Crippen LogP contribution in [0.1, 0.15) is 26.1 Å². The zero-order valence-electron chi connectivity index (χ0n) is 10.8. The summed E-state index contributed by atoms with van der Waals surface area (Å²) in [6, 6.07) is 7.88. The normalized spacial score (nSPS) is 12.4. The van der Waals surface area contributed by atoms with Crippen LogP contribution >= 0.6 is 12.2 Å². The highest BCUT2D eigenvalue weighted by atomic mass is 32.1. The van der Waals surface area contributed by atoms with Crippen LogP contribution in [0.4, 0.5) is 0 Å². The Morgan fingerprint density at radius 3 is 2.89 bits per heavy atom. The first kappa shape index (κ1) is 12.8. The number of nitrogens with one attached hydrogen (secondary N) is 1. The Morgan fingerprint density at radius 1 is 1.50 bits per heavy atom. The number of nitrogens with zero attached hydrogens (tertiary/aromatic N) is 2. The molecule has 1 atom stereocenters. The third-order valence-electron chi connectivity index (χ3n) is 2.83. The lowest BCUT2D eigenvalue weighted by molar-refractivity contribution is 0.217. The Labute approximate surface area is 112 Å². The zero-order chi connectivity index (χ0) is 13.1. The van der Waals surface area contributed by atoms with Crippen molar-refractivity contribution in [2.45, 2.75) is 33.3 Å². The number of aromatic amines is 1. The summed E-state index contributed by atoms with van der Waals surface area (Å²) in [6.45, 7) is 6.07. The van der Waals surface area contributed by atoms with E-state index in [0.29, 0.717) is 4.77 Å². The second-order valence-corrected chi connectivity index (χ2v) is 4.63. The third-order valence-corrected chi connectivity index (χ3v) is 3.10. The first-order chi connectivity index (χ1) is 8.61. The summed E-state index contributed by atoms with van der Waals surface area (Å²) in [5, 5.41) is 6.89. The lowest BCUT2D eigenvalue weighted by atomic mass is 10.2. The summed E-state index contributed by atoms with van der Waals surface area (Å²) in [7, 11) is 0. The number of H-pyrrole nitrogens is 1. The molecule has 2 aromatic rings. The second kappa shape index (κ2) is 5.35. The van der Waals surface area contributed by atoms with Gasteiger partial charge in [-0.2, -0.15) is 5.10 Å². The Kier molecular flexibility index (Phi) is 3.81. The topological polar surface area (TPSA) is 42.8 Å². The molecule has 1 N–H and O–H groups in total. The van der Waals surface area contributed by atoms with Crippen molar-refractivity contribution in [3.63, 3.8) is 0 Å². The maximum absolute atomic E-state index is 5.80. The summed E-state index contributed by atoms with van der Waals surface area (Å²) >= 11 is 5.21. The second-order valence-electron chi connectivity index (χ2n) is 4.25. The fourth-order valence-corrected chi connectivity index (χ4v) is 1.97. The van der Waals surface area contributed by atoms with Gasteiger partial charge in [0.05, 0.1) is 11.8 Å². The van der Waals surface area contributed by atoms with Crippen molar-refractivity contribution in [1.82, 2.24) is 14.8 Å². The number of hydrogen-bond donors (Lipinski definition) is 1. The van der Waals surface area contributed by atoms with E-state index in [-0.39, 0.29) is 6.10 Å². The zero-order valence-corrected chi connectivity index (χ0v) is 11.6. The van der Waals surface area contributed by atoms with Crippen LogP contribution in [-0.2, 0) is 0 Å². The Balaban J connectivity index is 2.36. The molecule has 0 aliphatic heterocycles. The molecule has 0 saturated carbocycles. The van der Waals surface area contributed by atoms with E-state index in [1.54, 1.807) is 0 Å². The van der Waals surface area contributed by atoms with E-state index in [0.717, 1.165) is 23.7 Å². The molecule has 1 aromatic carbocycles. The molecule has 2 rings (SSSR count). The van der Waals surface area contributed by atoms with Crippen LogP contribution in [0.3, 0.4) is 0 Å². The van der Waals surface area contributed by atoms with Gasteiger partial charge in [0, 0.05) is 6.07 Å². The average molecular weight is 263 g/mol. The van der Waals surface area contributed by atoms with Crippen LogP contribution in [0.25, 0.3) is 5.69 Å². The first-order valence-electron chi connectivity index (χ1n) is 6.03. The van der Waals surface area contributed by atoms with Gasteiger partial charge in [-0.25, -0.2) is 0 Å². The summed E-state index contributed by atoms with van der Waals surface area (Å²) in [6.07, 6.45) is 1.19. The molecule has 0 bridgehead atoms. The van der Waals surface area contributed by atoms with Crippen LogP contribution < -0.4 is 4.74 Å². The van der Waals surface area contributed by atoms with E-state index in [9.17, 15) is 0 Å². The third kappa shape index (κ3) is 2.61. The van der Waals surface area contributed by atoms with Crippen molar-refractivity contribution in [2.75, 3.05) is 0 Å². The minimum Gasteiger partial charge on any atom is -0.491 e. The standard InChI is InChI=1S/C13H17N3OS/c1-4-9(2)17-12-7-5-6-11(8-12)16-10(3)14-15-13(16)18/h5-9H,4H2,1-3H3,(H,15,18). The van der Waals surface area contributed by atoms with Crippen molar-refractivity contribution < 1.29 is 4.74 Å². The molecule has 1 aromatic heterocycles. The monoisotopic (exact) mass is 263 g/mol. The molecule has 0 saturated heterocycles. The van der Waals surface area contributed by atoms with Crippen molar-refractivity contribution >= 4 is 12.2 Å². The summed E-state index contributed by atoms with van der Waals surface area (Å²) in [5.41, 5.74) is 0.965. The van der Waals surface area contributed by atoms with Gasteiger partial charge in [0.2, 0.25) is 0 Å². The number of benzene rings is 1. The molecule has 4 nitrogen and oxygen atoms in total. The van der Waals surface area contributed by atoms with E-state index in [4.69, 9.17) is 17.0 Å². The lowest BCUT2D eigenvalue weighted by Gasteiger charge is -2.13. The van der Waals surface area contributed by atoms with Crippen LogP contribution in [-0.4, -0.2) is 20.9 Å². The van der Waals surface area contributed by atoms with Gasteiger partial charge >= 0.3 is 0 Å². The average Bonchev–Trinajstić information content (AvgIpc) is 2.69. The molecule has 1 unspecified atom stereocenters. The first-order valence-corrected chi connectivity index (χ1v) is 6.43. The van der Waals surface area contributed by atoms with Gasteiger partial charge in [-0.15, -0.1) is 0 Å². The van der Waals surface area contributed by atoms with E-state index in [1.807, 2.05) is 35.8 Å². The molecular weight excluding hydrogens is 246 g/mol. The predicted octanol–water partition coefficient (Wildman–Crippen LogP) is 3.42. The molecule has 0 aliphatic rings. The number of aryl methyl sites for hydroxylation is 1. The summed E-state index contributed by atoms with van der Waals surface area (Å²) < 4.78 is 8.28. The van der Waals surface area contributed by atoms with Gasteiger partial charge < -0.3 is 4.74 Å². The Hall–Kier alpha value is -1.62. The largest absolute Gasteiger partial charge is 0.491 e. The lowest BCUT2D eigenvalue weighted by Crippen LogP contribution is -2.10. The van der Waals surface area contributed by atoms with E-state index < -0.39 is 0 Å². The fourth-order valence-electron chi connectivity index (χ4n) is 1.69. The van der Waals surface area contributed by atoms with Gasteiger partial charge in [0.25, 0.3) is 0 Å². The van der Waals surface area contributed by atoms with Gasteiger partial charge in [-0.1, -0.05) is 13.0 Å². The van der Waals surface area contributed by atoms with Gasteiger partial charge in [0.15, 0.2) is 4.77 Å². The Bertz CT molecular complexity index is 588. The fraction of sp³-hybridized carbons (Fsp3) is 0.385. The van der Waals surface area contributed by atoms with Gasteiger partial charge in [-0.05, 0) is 44.6 Å². The molecule has 0 radical (unpaired) electrons. The smallest absolute Gasteiger partial charge is 0.199 e. The Morgan fingerprint density at radius 2 is 2.28 bits per heavy atom. The van der Waals surface area contributed by atoms with E-state index in [1.165, 1.54) is 0 Å². The minimum atomic E-state index is 0.207. The summed E-state index contributed by atoms with van der Waals surface area (Å²) in [4.78, 5) is 0. The van der Waals surface area contributed by atoms with Crippen molar-refractivity contribution in [3.8, 4) is 11.4 Å².